The van der Waals surface area contributed by atoms with Gasteiger partial charge in [-0.05, 0) is 54.6 Å². The molecule has 0 unspecified atom stereocenters. The summed E-state index contributed by atoms with van der Waals surface area (Å²) in [6.07, 6.45) is 0. The quantitative estimate of drug-likeness (QED) is 0.821. The number of nitrogens with two attached hydrogens (primary N) is 1. The van der Waals surface area contributed by atoms with E-state index in [1.54, 1.807) is 12.1 Å². The summed E-state index contributed by atoms with van der Waals surface area (Å²) in [6, 6.07) is 5.31. The van der Waals surface area contributed by atoms with E-state index in [9.17, 15) is 4.79 Å². The minimum absolute atomic E-state index is 0.195. The van der Waals surface area contributed by atoms with Crippen molar-refractivity contribution in [2.24, 2.45) is 5.73 Å². The van der Waals surface area contributed by atoms with Crippen molar-refractivity contribution in [3.05, 3.63) is 32.4 Å². The van der Waals surface area contributed by atoms with Gasteiger partial charge in [-0.2, -0.15) is 0 Å². The highest BCUT2D eigenvalue weighted by atomic mass is 127. The van der Waals surface area contributed by atoms with Gasteiger partial charge in [-0.15, -0.1) is 0 Å². The lowest BCUT2D eigenvalue weighted by Crippen LogP contribution is -2.45. The Morgan fingerprint density at radius 2 is 2.19 bits per heavy atom. The van der Waals surface area contributed by atoms with Gasteiger partial charge in [0.15, 0.2) is 0 Å². The van der Waals surface area contributed by atoms with Crippen LogP contribution in [0.2, 0.25) is 5.02 Å². The first kappa shape index (κ1) is 13.7. The topological polar surface area (TPSA) is 55.1 Å². The standard InChI is InChI=1S/C11H14ClIN2O/c1-11(2,14)6-15-10(16)8-4-3-7(13)5-9(8)12/h3-5H,6,14H2,1-2H3,(H,15,16). The van der Waals surface area contributed by atoms with E-state index in [0.717, 1.165) is 3.57 Å². The summed E-state index contributed by atoms with van der Waals surface area (Å²) in [5, 5.41) is 3.21. The van der Waals surface area contributed by atoms with E-state index >= 15 is 0 Å². The van der Waals surface area contributed by atoms with Crippen molar-refractivity contribution in [3.63, 3.8) is 0 Å². The zero-order chi connectivity index (χ0) is 12.3. The van der Waals surface area contributed by atoms with E-state index in [4.69, 9.17) is 17.3 Å². The Labute approximate surface area is 114 Å². The molecule has 0 saturated heterocycles. The van der Waals surface area contributed by atoms with Crippen molar-refractivity contribution in [1.29, 1.82) is 0 Å². The first-order valence-corrected chi connectivity index (χ1v) is 6.27. The van der Waals surface area contributed by atoms with Crippen molar-refractivity contribution >= 4 is 40.1 Å². The highest BCUT2D eigenvalue weighted by Crippen LogP contribution is 2.18. The molecule has 0 spiro atoms. The normalized spacial score (nSPS) is 11.3. The molecule has 1 amide bonds. The van der Waals surface area contributed by atoms with Gasteiger partial charge in [0.1, 0.15) is 0 Å². The second-order valence-corrected chi connectivity index (χ2v) is 5.95. The SMILES string of the molecule is CC(C)(N)CNC(=O)c1ccc(I)cc1Cl. The highest BCUT2D eigenvalue weighted by Gasteiger charge is 2.15. The third-order valence-electron chi connectivity index (χ3n) is 1.88. The molecule has 0 aliphatic rings. The molecular formula is C11H14ClIN2O. The summed E-state index contributed by atoms with van der Waals surface area (Å²) in [7, 11) is 0. The third-order valence-corrected chi connectivity index (χ3v) is 2.86. The predicted molar refractivity (Wildman–Crippen MR) is 74.8 cm³/mol. The molecule has 1 aromatic rings. The van der Waals surface area contributed by atoms with Crippen LogP contribution in [0.25, 0.3) is 0 Å². The average Bonchev–Trinajstić information content (AvgIpc) is 2.13. The van der Waals surface area contributed by atoms with E-state index < -0.39 is 5.54 Å². The molecule has 0 heterocycles. The largest absolute Gasteiger partial charge is 0.350 e. The van der Waals surface area contributed by atoms with E-state index in [1.165, 1.54) is 0 Å². The molecule has 1 aromatic carbocycles. The molecule has 0 fully saturated rings. The first-order chi connectivity index (χ1) is 7.29. The van der Waals surface area contributed by atoms with Gasteiger partial charge in [-0.1, -0.05) is 11.6 Å². The Balaban J connectivity index is 2.74. The molecule has 5 heteroatoms. The Morgan fingerprint density at radius 1 is 1.56 bits per heavy atom. The van der Waals surface area contributed by atoms with Crippen LogP contribution in [0.5, 0.6) is 0 Å². The molecule has 16 heavy (non-hydrogen) atoms. The number of rotatable bonds is 3. The van der Waals surface area contributed by atoms with Gasteiger partial charge in [0.25, 0.3) is 5.91 Å². The van der Waals surface area contributed by atoms with Crippen molar-refractivity contribution < 1.29 is 4.79 Å². The lowest BCUT2D eigenvalue weighted by atomic mass is 10.1. The molecule has 0 aromatic heterocycles. The van der Waals surface area contributed by atoms with E-state index in [2.05, 4.69) is 27.9 Å². The van der Waals surface area contributed by atoms with Gasteiger partial charge in [-0.25, -0.2) is 0 Å². The van der Waals surface area contributed by atoms with E-state index in [-0.39, 0.29) is 5.91 Å². The minimum Gasteiger partial charge on any atom is -0.350 e. The predicted octanol–water partition coefficient (Wildman–Crippen LogP) is 2.41. The monoisotopic (exact) mass is 352 g/mol. The minimum atomic E-state index is -0.425. The zero-order valence-corrected chi connectivity index (χ0v) is 12.1. The van der Waals surface area contributed by atoms with Crippen LogP contribution < -0.4 is 11.1 Å². The number of carbonyl (C=O) groups is 1. The van der Waals surface area contributed by atoms with Crippen LogP contribution in [-0.2, 0) is 0 Å². The number of benzene rings is 1. The first-order valence-electron chi connectivity index (χ1n) is 4.82. The Hall–Kier alpha value is -0.330. The third kappa shape index (κ3) is 4.27. The lowest BCUT2D eigenvalue weighted by molar-refractivity contribution is 0.0946. The maximum Gasteiger partial charge on any atom is 0.252 e. The summed E-state index contributed by atoms with van der Waals surface area (Å²) in [5.41, 5.74) is 5.83. The van der Waals surface area contributed by atoms with Gasteiger partial charge >= 0.3 is 0 Å². The van der Waals surface area contributed by atoms with Crippen molar-refractivity contribution in [2.45, 2.75) is 19.4 Å². The van der Waals surface area contributed by atoms with Crippen LogP contribution in [0.15, 0.2) is 18.2 Å². The number of hydrogen-bond acceptors (Lipinski definition) is 2. The smallest absolute Gasteiger partial charge is 0.252 e. The Bertz CT molecular complexity index is 401. The zero-order valence-electron chi connectivity index (χ0n) is 9.18. The summed E-state index contributed by atoms with van der Waals surface area (Å²) >= 11 is 8.12. The summed E-state index contributed by atoms with van der Waals surface area (Å²) in [5.74, 6) is -0.195. The van der Waals surface area contributed by atoms with Gasteiger partial charge in [0.05, 0.1) is 10.6 Å². The van der Waals surface area contributed by atoms with Gasteiger partial charge < -0.3 is 11.1 Å². The van der Waals surface area contributed by atoms with Gasteiger partial charge in [0.2, 0.25) is 0 Å². The van der Waals surface area contributed by atoms with Gasteiger partial charge in [0, 0.05) is 15.7 Å². The Morgan fingerprint density at radius 3 is 2.69 bits per heavy atom. The van der Waals surface area contributed by atoms with Crippen molar-refractivity contribution in [2.75, 3.05) is 6.54 Å². The molecule has 0 aliphatic carbocycles. The fourth-order valence-electron chi connectivity index (χ4n) is 1.08. The fraction of sp³-hybridized carbons (Fsp3) is 0.364. The Kier molecular flexibility index (Phi) is 4.58. The molecule has 3 nitrogen and oxygen atoms in total. The second-order valence-electron chi connectivity index (χ2n) is 4.30. The number of halogens is 2. The van der Waals surface area contributed by atoms with Crippen LogP contribution in [0, 0.1) is 3.57 Å². The summed E-state index contributed by atoms with van der Waals surface area (Å²) < 4.78 is 0.998. The fourth-order valence-corrected chi connectivity index (χ4v) is 2.02. The maximum absolute atomic E-state index is 11.8. The van der Waals surface area contributed by atoms with Crippen LogP contribution >= 0.6 is 34.2 Å². The molecule has 1 rings (SSSR count). The molecule has 0 radical (unpaired) electrons. The van der Waals surface area contributed by atoms with E-state index in [0.29, 0.717) is 17.1 Å². The van der Waals surface area contributed by atoms with E-state index in [1.807, 2.05) is 19.9 Å². The van der Waals surface area contributed by atoms with Crippen molar-refractivity contribution in [3.8, 4) is 0 Å². The van der Waals surface area contributed by atoms with Crippen molar-refractivity contribution in [1.82, 2.24) is 5.32 Å². The molecule has 0 atom stereocenters. The number of nitrogens with one attached hydrogen (secondary N) is 1. The second kappa shape index (κ2) is 5.33. The van der Waals surface area contributed by atoms with Crippen LogP contribution in [0.1, 0.15) is 24.2 Å². The molecule has 0 bridgehead atoms. The molecular weight excluding hydrogens is 338 g/mol. The molecule has 3 N–H and O–H groups in total. The number of hydrogen-bond donors (Lipinski definition) is 2. The lowest BCUT2D eigenvalue weighted by Gasteiger charge is -2.19. The summed E-state index contributed by atoms with van der Waals surface area (Å²) in [4.78, 5) is 11.8. The number of carbonyl (C=O) groups excluding carboxylic acids is 1. The van der Waals surface area contributed by atoms with Crippen LogP contribution in [0.4, 0.5) is 0 Å². The molecule has 0 aliphatic heterocycles. The molecule has 0 saturated carbocycles. The average molecular weight is 353 g/mol. The van der Waals surface area contributed by atoms with Gasteiger partial charge in [-0.3, -0.25) is 4.79 Å². The van der Waals surface area contributed by atoms with Crippen LogP contribution in [-0.4, -0.2) is 18.0 Å². The van der Waals surface area contributed by atoms with Crippen LogP contribution in [0.3, 0.4) is 0 Å². The summed E-state index contributed by atoms with van der Waals surface area (Å²) in [6.45, 7) is 4.11. The molecule has 88 valence electrons. The highest BCUT2D eigenvalue weighted by molar-refractivity contribution is 14.1. The number of amides is 1. The maximum atomic E-state index is 11.8.